The Balaban J connectivity index is 1.28. The molecule has 2 N–H and O–H groups in total. The number of carbonyl (C=O) groups is 1. The van der Waals surface area contributed by atoms with Crippen LogP contribution in [-0.4, -0.2) is 35.3 Å². The van der Waals surface area contributed by atoms with E-state index in [1.165, 1.54) is 31.4 Å². The Labute approximate surface area is 190 Å². The van der Waals surface area contributed by atoms with Crippen LogP contribution in [-0.2, 0) is 9.53 Å². The Morgan fingerprint density at radius 1 is 1.16 bits per heavy atom. The van der Waals surface area contributed by atoms with Crippen molar-refractivity contribution < 1.29 is 19.0 Å². The van der Waals surface area contributed by atoms with Gasteiger partial charge in [-0.25, -0.2) is 9.37 Å². The number of aromatic nitrogens is 1. The van der Waals surface area contributed by atoms with E-state index in [2.05, 4.69) is 17.2 Å². The third-order valence-corrected chi connectivity index (χ3v) is 9.81. The maximum Gasteiger partial charge on any atom is 0.229 e. The Hall–Kier alpha value is -1.53. The number of nitrogens with one attached hydrogen (secondary N) is 1. The third-order valence-electron chi connectivity index (χ3n) is 9.81. The minimum absolute atomic E-state index is 0.00354. The SMILES string of the molecule is COC[C@@]1(O)CC[C@H]2[C@H](CC[C@@H]3[C@@H]2CC[C@]2(C)[C@@H](C(=O)Nc4ccc(F)cn4)CC[C@@H]32)C1. The summed E-state index contributed by atoms with van der Waals surface area (Å²) in [6.07, 6.45) is 10.8. The maximum absolute atomic E-state index is 13.2. The van der Waals surface area contributed by atoms with E-state index >= 15 is 0 Å². The maximum atomic E-state index is 13.2. The van der Waals surface area contributed by atoms with Gasteiger partial charge >= 0.3 is 0 Å². The van der Waals surface area contributed by atoms with Crippen LogP contribution in [0.5, 0.6) is 0 Å². The smallest absolute Gasteiger partial charge is 0.229 e. The second-order valence-electron chi connectivity index (χ2n) is 11.4. The number of halogens is 1. The second kappa shape index (κ2) is 8.35. The number of anilines is 1. The molecule has 32 heavy (non-hydrogen) atoms. The van der Waals surface area contributed by atoms with Crippen molar-refractivity contribution in [2.45, 2.75) is 70.3 Å². The summed E-state index contributed by atoms with van der Waals surface area (Å²) in [7, 11) is 1.68. The molecular weight excluding hydrogens is 407 g/mol. The lowest BCUT2D eigenvalue weighted by molar-refractivity contribution is -0.134. The van der Waals surface area contributed by atoms with E-state index in [4.69, 9.17) is 4.74 Å². The van der Waals surface area contributed by atoms with E-state index in [0.717, 1.165) is 50.6 Å². The average molecular weight is 445 g/mol. The average Bonchev–Trinajstić information content (AvgIpc) is 3.12. The number of ether oxygens (including phenoxy) is 1. The zero-order valence-electron chi connectivity index (χ0n) is 19.4. The molecule has 1 aromatic heterocycles. The summed E-state index contributed by atoms with van der Waals surface area (Å²) in [4.78, 5) is 17.2. The number of fused-ring (bicyclic) bond motifs is 5. The Kier molecular flexibility index (Phi) is 5.81. The normalized spacial score (nSPS) is 43.1. The first-order chi connectivity index (χ1) is 15.3. The molecule has 4 saturated carbocycles. The van der Waals surface area contributed by atoms with Crippen molar-refractivity contribution in [3.05, 3.63) is 24.1 Å². The van der Waals surface area contributed by atoms with Crippen molar-refractivity contribution in [3.63, 3.8) is 0 Å². The van der Waals surface area contributed by atoms with Gasteiger partial charge in [0.15, 0.2) is 0 Å². The van der Waals surface area contributed by atoms with Gasteiger partial charge in [0.25, 0.3) is 0 Å². The van der Waals surface area contributed by atoms with Crippen LogP contribution in [0.4, 0.5) is 10.2 Å². The second-order valence-corrected chi connectivity index (χ2v) is 11.4. The molecule has 4 fully saturated rings. The first kappa shape index (κ1) is 22.3. The van der Waals surface area contributed by atoms with E-state index in [-0.39, 0.29) is 17.2 Å². The number of hydrogen-bond donors (Lipinski definition) is 2. The van der Waals surface area contributed by atoms with Crippen molar-refractivity contribution in [2.24, 2.45) is 40.9 Å². The molecule has 0 saturated heterocycles. The zero-order chi connectivity index (χ0) is 22.5. The fraction of sp³-hybridized carbons (Fsp3) is 0.769. The topological polar surface area (TPSA) is 71.5 Å². The molecule has 0 unspecified atom stereocenters. The largest absolute Gasteiger partial charge is 0.387 e. The molecule has 8 atom stereocenters. The third kappa shape index (κ3) is 3.77. The molecule has 5 nitrogen and oxygen atoms in total. The van der Waals surface area contributed by atoms with Gasteiger partial charge in [0.2, 0.25) is 5.91 Å². The van der Waals surface area contributed by atoms with Gasteiger partial charge in [-0.1, -0.05) is 6.92 Å². The first-order valence-corrected chi connectivity index (χ1v) is 12.5. The number of hydrogen-bond acceptors (Lipinski definition) is 4. The molecule has 4 aliphatic carbocycles. The highest BCUT2D eigenvalue weighted by molar-refractivity contribution is 5.92. The number of carbonyl (C=O) groups excluding carboxylic acids is 1. The van der Waals surface area contributed by atoms with Crippen LogP contribution in [0, 0.1) is 46.7 Å². The van der Waals surface area contributed by atoms with Gasteiger partial charge in [-0.15, -0.1) is 0 Å². The molecule has 0 aliphatic heterocycles. The highest BCUT2D eigenvalue weighted by Gasteiger charge is 2.59. The lowest BCUT2D eigenvalue weighted by Crippen LogP contribution is -2.52. The van der Waals surface area contributed by atoms with Gasteiger partial charge < -0.3 is 15.2 Å². The predicted molar refractivity (Wildman–Crippen MR) is 120 cm³/mol. The quantitative estimate of drug-likeness (QED) is 0.699. The Bertz CT molecular complexity index is 848. The van der Waals surface area contributed by atoms with Gasteiger partial charge in [0, 0.05) is 13.0 Å². The number of aliphatic hydroxyl groups is 1. The number of nitrogens with zero attached hydrogens (tertiary/aromatic N) is 1. The lowest BCUT2D eigenvalue weighted by Gasteiger charge is -2.57. The van der Waals surface area contributed by atoms with Crippen molar-refractivity contribution in [1.82, 2.24) is 4.98 Å². The van der Waals surface area contributed by atoms with E-state index < -0.39 is 11.4 Å². The predicted octanol–water partition coefficient (Wildman–Crippen LogP) is 4.81. The van der Waals surface area contributed by atoms with Crippen molar-refractivity contribution >= 4 is 11.7 Å². The molecule has 1 aromatic rings. The Morgan fingerprint density at radius 2 is 1.97 bits per heavy atom. The van der Waals surface area contributed by atoms with Crippen LogP contribution in [0.15, 0.2) is 18.3 Å². The first-order valence-electron chi connectivity index (χ1n) is 12.5. The van der Waals surface area contributed by atoms with E-state index in [0.29, 0.717) is 36.1 Å². The van der Waals surface area contributed by atoms with Gasteiger partial charge in [-0.05, 0) is 105 Å². The van der Waals surface area contributed by atoms with E-state index in [9.17, 15) is 14.3 Å². The summed E-state index contributed by atoms with van der Waals surface area (Å²) >= 11 is 0. The van der Waals surface area contributed by atoms with Gasteiger partial charge in [0.05, 0.1) is 18.4 Å². The number of amides is 1. The Morgan fingerprint density at radius 3 is 2.72 bits per heavy atom. The molecule has 0 radical (unpaired) electrons. The minimum Gasteiger partial charge on any atom is -0.387 e. The monoisotopic (exact) mass is 444 g/mol. The summed E-state index contributed by atoms with van der Waals surface area (Å²) in [6, 6.07) is 2.87. The lowest BCUT2D eigenvalue weighted by atomic mass is 9.49. The molecule has 1 heterocycles. The molecular formula is C26H37FN2O3. The number of pyridine rings is 1. The van der Waals surface area contributed by atoms with Crippen LogP contribution < -0.4 is 5.32 Å². The van der Waals surface area contributed by atoms with Crippen LogP contribution in [0.25, 0.3) is 0 Å². The molecule has 176 valence electrons. The highest BCUT2D eigenvalue weighted by atomic mass is 19.1. The summed E-state index contributed by atoms with van der Waals surface area (Å²) in [5.74, 6) is 3.44. The molecule has 0 aromatic carbocycles. The summed E-state index contributed by atoms with van der Waals surface area (Å²) in [5.41, 5.74) is -0.611. The van der Waals surface area contributed by atoms with Crippen LogP contribution >= 0.6 is 0 Å². The summed E-state index contributed by atoms with van der Waals surface area (Å²) in [6.45, 7) is 2.79. The van der Waals surface area contributed by atoms with Gasteiger partial charge in [-0.2, -0.15) is 0 Å². The summed E-state index contributed by atoms with van der Waals surface area (Å²) in [5, 5.41) is 13.9. The number of rotatable bonds is 4. The molecule has 0 spiro atoms. The summed E-state index contributed by atoms with van der Waals surface area (Å²) < 4.78 is 18.5. The fourth-order valence-corrected chi connectivity index (χ4v) is 8.46. The van der Waals surface area contributed by atoms with Gasteiger partial charge in [0.1, 0.15) is 11.6 Å². The van der Waals surface area contributed by atoms with Crippen molar-refractivity contribution in [1.29, 1.82) is 0 Å². The minimum atomic E-state index is -0.642. The van der Waals surface area contributed by atoms with Crippen LogP contribution in [0.2, 0.25) is 0 Å². The van der Waals surface area contributed by atoms with Crippen molar-refractivity contribution in [2.75, 3.05) is 19.0 Å². The molecule has 4 aliphatic rings. The molecule has 6 heteroatoms. The standard InChI is InChI=1S/C26H37FN2O3/c1-25-11-9-19-18-10-12-26(31,15-32-2)13-16(18)3-5-20(19)21(25)6-7-22(25)24(30)29-23-8-4-17(27)14-28-23/h4,8,14,16,18-22,31H,3,5-7,9-13,15H2,1-2H3,(H,28,29,30)/t16-,18+,19-,20-,21+,22-,25+,26-/m1/s1. The molecule has 1 amide bonds. The van der Waals surface area contributed by atoms with Gasteiger partial charge in [-0.3, -0.25) is 4.79 Å². The molecule has 0 bridgehead atoms. The van der Waals surface area contributed by atoms with Crippen LogP contribution in [0.1, 0.15) is 64.7 Å². The number of methoxy groups -OCH3 is 1. The highest BCUT2D eigenvalue weighted by Crippen LogP contribution is 2.64. The molecule has 5 rings (SSSR count). The zero-order valence-corrected chi connectivity index (χ0v) is 19.4. The van der Waals surface area contributed by atoms with E-state index in [1.54, 1.807) is 7.11 Å². The fourth-order valence-electron chi connectivity index (χ4n) is 8.46. The van der Waals surface area contributed by atoms with Crippen molar-refractivity contribution in [3.8, 4) is 0 Å². The van der Waals surface area contributed by atoms with Crippen LogP contribution in [0.3, 0.4) is 0 Å². The van der Waals surface area contributed by atoms with E-state index in [1.807, 2.05) is 0 Å².